The van der Waals surface area contributed by atoms with E-state index in [0.717, 1.165) is 38.3 Å². The molecule has 0 bridgehead atoms. The summed E-state index contributed by atoms with van der Waals surface area (Å²) in [5.41, 5.74) is -0.805. The second-order valence-electron chi connectivity index (χ2n) is 4.63. The second kappa shape index (κ2) is 5.16. The van der Waals surface area contributed by atoms with Crippen LogP contribution in [0.2, 0.25) is 0 Å². The van der Waals surface area contributed by atoms with E-state index >= 15 is 0 Å². The number of halogens is 3. The zero-order valence-corrected chi connectivity index (χ0v) is 10.4. The number of hydrogen-bond donors (Lipinski definition) is 0. The quantitative estimate of drug-likeness (QED) is 0.800. The van der Waals surface area contributed by atoms with E-state index in [9.17, 15) is 13.2 Å². The van der Waals surface area contributed by atoms with Gasteiger partial charge in [-0.2, -0.15) is 13.2 Å². The summed E-state index contributed by atoms with van der Waals surface area (Å²) in [7, 11) is 0. The fraction of sp³-hybridized carbons (Fsp3) is 0.615. The molecule has 100 valence electrons. The van der Waals surface area contributed by atoms with Crippen molar-refractivity contribution in [2.45, 2.75) is 44.8 Å². The molecule has 1 aliphatic rings. The molecule has 0 aliphatic carbocycles. The van der Waals surface area contributed by atoms with Gasteiger partial charge in [0.25, 0.3) is 0 Å². The first kappa shape index (κ1) is 13.2. The standard InChI is InChI=1S/C13H17F3N2/c1-2-10-6-3-4-9-18(10)12-8-5-7-11(17-12)13(14,15)16/h5,7-8,10H,2-4,6,9H2,1H3. The summed E-state index contributed by atoms with van der Waals surface area (Å²) in [6.45, 7) is 2.86. The van der Waals surface area contributed by atoms with Crippen LogP contribution in [-0.2, 0) is 6.18 Å². The van der Waals surface area contributed by atoms with E-state index in [1.807, 2.05) is 4.90 Å². The molecule has 1 aromatic rings. The van der Waals surface area contributed by atoms with Gasteiger partial charge in [0.15, 0.2) is 0 Å². The van der Waals surface area contributed by atoms with Crippen molar-refractivity contribution in [3.8, 4) is 0 Å². The van der Waals surface area contributed by atoms with Gasteiger partial charge in [-0.15, -0.1) is 0 Å². The molecule has 1 fully saturated rings. The van der Waals surface area contributed by atoms with Gasteiger partial charge in [-0.1, -0.05) is 13.0 Å². The summed E-state index contributed by atoms with van der Waals surface area (Å²) >= 11 is 0. The Hall–Kier alpha value is -1.26. The van der Waals surface area contributed by atoms with Crippen molar-refractivity contribution in [1.29, 1.82) is 0 Å². The minimum absolute atomic E-state index is 0.315. The maximum absolute atomic E-state index is 12.6. The summed E-state index contributed by atoms with van der Waals surface area (Å²) < 4.78 is 37.9. The molecule has 0 radical (unpaired) electrons. The molecule has 1 aliphatic heterocycles. The first-order valence-electron chi connectivity index (χ1n) is 6.33. The van der Waals surface area contributed by atoms with Crippen molar-refractivity contribution in [3.05, 3.63) is 23.9 Å². The molecule has 0 spiro atoms. The zero-order chi connectivity index (χ0) is 13.2. The SMILES string of the molecule is CCC1CCCCN1c1cccc(C(F)(F)F)n1. The molecule has 0 saturated carbocycles. The number of hydrogen-bond acceptors (Lipinski definition) is 2. The van der Waals surface area contributed by atoms with Crippen molar-refractivity contribution in [2.75, 3.05) is 11.4 Å². The van der Waals surface area contributed by atoms with Crippen LogP contribution in [0.1, 0.15) is 38.3 Å². The van der Waals surface area contributed by atoms with Gasteiger partial charge in [-0.3, -0.25) is 0 Å². The largest absolute Gasteiger partial charge is 0.433 e. The predicted octanol–water partition coefficient (Wildman–Crippen LogP) is 3.87. The van der Waals surface area contributed by atoms with Crippen molar-refractivity contribution in [2.24, 2.45) is 0 Å². The molecule has 2 heterocycles. The molecule has 1 aromatic heterocycles. The van der Waals surface area contributed by atoms with Gasteiger partial charge >= 0.3 is 6.18 Å². The Balaban J connectivity index is 2.27. The van der Waals surface area contributed by atoms with E-state index in [0.29, 0.717) is 11.9 Å². The van der Waals surface area contributed by atoms with Crippen LogP contribution in [0.25, 0.3) is 0 Å². The fourth-order valence-electron chi connectivity index (χ4n) is 2.47. The highest BCUT2D eigenvalue weighted by Crippen LogP contribution is 2.31. The third kappa shape index (κ3) is 2.76. The average molecular weight is 258 g/mol. The van der Waals surface area contributed by atoms with Crippen LogP contribution in [0.15, 0.2) is 18.2 Å². The van der Waals surface area contributed by atoms with E-state index in [2.05, 4.69) is 11.9 Å². The monoisotopic (exact) mass is 258 g/mol. The van der Waals surface area contributed by atoms with E-state index in [1.165, 1.54) is 6.07 Å². The molecule has 1 atom stereocenters. The van der Waals surface area contributed by atoms with Crippen molar-refractivity contribution in [3.63, 3.8) is 0 Å². The molecular weight excluding hydrogens is 241 g/mol. The molecule has 1 saturated heterocycles. The topological polar surface area (TPSA) is 16.1 Å². The summed E-state index contributed by atoms with van der Waals surface area (Å²) in [6.07, 6.45) is -0.220. The molecule has 2 rings (SSSR count). The van der Waals surface area contributed by atoms with Gasteiger partial charge in [0.05, 0.1) is 0 Å². The maximum atomic E-state index is 12.6. The Kier molecular flexibility index (Phi) is 3.78. The number of piperidine rings is 1. The third-order valence-electron chi connectivity index (χ3n) is 3.42. The van der Waals surface area contributed by atoms with E-state index in [1.54, 1.807) is 6.07 Å². The molecule has 0 amide bonds. The van der Waals surface area contributed by atoms with Crippen molar-refractivity contribution >= 4 is 5.82 Å². The summed E-state index contributed by atoms with van der Waals surface area (Å²) in [5, 5.41) is 0. The second-order valence-corrected chi connectivity index (χ2v) is 4.63. The van der Waals surface area contributed by atoms with Crippen LogP contribution in [0.5, 0.6) is 0 Å². The zero-order valence-electron chi connectivity index (χ0n) is 10.4. The van der Waals surface area contributed by atoms with Crippen LogP contribution < -0.4 is 4.90 Å². The first-order chi connectivity index (χ1) is 8.52. The molecule has 2 nitrogen and oxygen atoms in total. The predicted molar refractivity (Wildman–Crippen MR) is 64.5 cm³/mol. The summed E-state index contributed by atoms with van der Waals surface area (Å²) in [5.74, 6) is 0.455. The number of nitrogens with zero attached hydrogens (tertiary/aromatic N) is 2. The van der Waals surface area contributed by atoms with Gasteiger partial charge in [-0.05, 0) is 37.8 Å². The van der Waals surface area contributed by atoms with E-state index < -0.39 is 11.9 Å². The highest BCUT2D eigenvalue weighted by molar-refractivity contribution is 5.41. The molecule has 18 heavy (non-hydrogen) atoms. The Morgan fingerprint density at radius 1 is 1.33 bits per heavy atom. The van der Waals surface area contributed by atoms with E-state index in [-0.39, 0.29) is 0 Å². The van der Waals surface area contributed by atoms with Gasteiger partial charge < -0.3 is 4.90 Å². The number of pyridine rings is 1. The first-order valence-corrected chi connectivity index (χ1v) is 6.33. The van der Waals surface area contributed by atoms with Gasteiger partial charge in [0.1, 0.15) is 11.5 Å². The summed E-state index contributed by atoms with van der Waals surface area (Å²) in [4.78, 5) is 5.78. The lowest BCUT2D eigenvalue weighted by Crippen LogP contribution is -2.39. The molecular formula is C13H17F3N2. The van der Waals surface area contributed by atoms with Crippen molar-refractivity contribution in [1.82, 2.24) is 4.98 Å². The Morgan fingerprint density at radius 3 is 2.78 bits per heavy atom. The van der Waals surface area contributed by atoms with Crippen LogP contribution in [0.4, 0.5) is 19.0 Å². The number of rotatable bonds is 2. The Bertz CT molecular complexity index is 403. The maximum Gasteiger partial charge on any atom is 0.433 e. The number of alkyl halides is 3. The van der Waals surface area contributed by atoms with Crippen LogP contribution in [-0.4, -0.2) is 17.6 Å². The number of aromatic nitrogens is 1. The molecule has 0 N–H and O–H groups in total. The highest BCUT2D eigenvalue weighted by atomic mass is 19.4. The fourth-order valence-corrected chi connectivity index (χ4v) is 2.47. The van der Waals surface area contributed by atoms with Crippen LogP contribution in [0.3, 0.4) is 0 Å². The van der Waals surface area contributed by atoms with Gasteiger partial charge in [-0.25, -0.2) is 4.98 Å². The average Bonchev–Trinajstić information content (AvgIpc) is 2.38. The minimum atomic E-state index is -4.37. The molecule has 1 unspecified atom stereocenters. The summed E-state index contributed by atoms with van der Waals surface area (Å²) in [6, 6.07) is 4.44. The lowest BCUT2D eigenvalue weighted by Gasteiger charge is -2.36. The smallest absolute Gasteiger partial charge is 0.354 e. The molecule has 5 heteroatoms. The molecule has 0 aromatic carbocycles. The normalized spacial score (nSPS) is 21.1. The highest BCUT2D eigenvalue weighted by Gasteiger charge is 2.33. The van der Waals surface area contributed by atoms with Gasteiger partial charge in [0.2, 0.25) is 0 Å². The van der Waals surface area contributed by atoms with Crippen molar-refractivity contribution < 1.29 is 13.2 Å². The van der Waals surface area contributed by atoms with E-state index in [4.69, 9.17) is 0 Å². The van der Waals surface area contributed by atoms with Gasteiger partial charge in [0, 0.05) is 12.6 Å². The lowest BCUT2D eigenvalue weighted by molar-refractivity contribution is -0.141. The number of anilines is 1. The van der Waals surface area contributed by atoms with Crippen LogP contribution >= 0.6 is 0 Å². The lowest BCUT2D eigenvalue weighted by atomic mass is 10.00. The Morgan fingerprint density at radius 2 is 2.11 bits per heavy atom. The Labute approximate surface area is 105 Å². The van der Waals surface area contributed by atoms with Crippen LogP contribution in [0, 0.1) is 0 Å². The minimum Gasteiger partial charge on any atom is -0.354 e. The third-order valence-corrected chi connectivity index (χ3v) is 3.42.